The molecule has 1 rings (SSSR count). The molecule has 53 valence electrons. The average molecular weight is 223 g/mol. The van der Waals surface area contributed by atoms with Crippen molar-refractivity contribution < 1.29 is 27.4 Å². The normalized spacial score (nSPS) is 8.00. The van der Waals surface area contributed by atoms with Crippen LogP contribution in [-0.4, -0.2) is 25.3 Å². The van der Waals surface area contributed by atoms with E-state index in [2.05, 4.69) is 15.5 Å². The van der Waals surface area contributed by atoms with Crippen LogP contribution in [0.4, 0.5) is 0 Å². The summed E-state index contributed by atoms with van der Waals surface area (Å²) in [5.41, 5.74) is 0. The minimum atomic E-state index is -0.736. The van der Waals surface area contributed by atoms with E-state index in [1.165, 1.54) is 0 Å². The van der Waals surface area contributed by atoms with Crippen LogP contribution in [0.1, 0.15) is 0 Å². The molecule has 1 aromatic heterocycles. The first-order valence-electron chi connectivity index (χ1n) is 1.68. The van der Waals surface area contributed by atoms with Gasteiger partial charge >= 0.3 is 0 Å². The van der Waals surface area contributed by atoms with Crippen molar-refractivity contribution in [3.05, 3.63) is 16.4 Å². The molecule has 0 unspecified atom stereocenters. The van der Waals surface area contributed by atoms with Crippen LogP contribution in [0.5, 0.6) is 0 Å². The molecule has 0 aliphatic carbocycles. The summed E-state index contributed by atoms with van der Waals surface area (Å²) in [6.07, 6.45) is 0.903. The van der Waals surface area contributed by atoms with Gasteiger partial charge < -0.3 is 10.1 Å². The molecule has 0 spiro atoms. The fraction of sp³-hybridized carbons (Fsp3) is 0. The summed E-state index contributed by atoms with van der Waals surface area (Å²) < 4.78 is 0. The van der Waals surface area contributed by atoms with E-state index in [0.29, 0.717) is 4.79 Å². The Balaban J connectivity index is 0.000000640. The van der Waals surface area contributed by atoms with Crippen LogP contribution in [-0.2, 0) is 22.4 Å². The second-order valence-electron chi connectivity index (χ2n) is 0.968. The zero-order chi connectivity index (χ0) is 5.98. The Morgan fingerprint density at radius 2 is 2.33 bits per heavy atom. The Hall–Kier alpha value is -0.790. The van der Waals surface area contributed by atoms with Gasteiger partial charge in [-0.15, -0.1) is 0 Å². The van der Waals surface area contributed by atoms with Crippen LogP contribution in [0.15, 0.2) is 6.33 Å². The van der Waals surface area contributed by atoms with Gasteiger partial charge in [0, 0.05) is 22.4 Å². The average Bonchev–Trinajstić information content (AvgIpc) is 2.12. The van der Waals surface area contributed by atoms with Crippen molar-refractivity contribution in [3.8, 4) is 0 Å². The molecule has 0 bridgehead atoms. The van der Waals surface area contributed by atoms with Crippen molar-refractivity contribution in [1.82, 2.24) is 20.3 Å². The van der Waals surface area contributed by atoms with E-state index < -0.39 is 5.03 Å². The molecule has 0 fully saturated rings. The van der Waals surface area contributed by atoms with Gasteiger partial charge in [0.2, 0.25) is 11.5 Å². The minimum absolute atomic E-state index is 0. The van der Waals surface area contributed by atoms with Gasteiger partial charge in [0.25, 0.3) is 0 Å². The number of nitrogens with zero attached hydrogens (tertiary/aromatic N) is 5. The topological polar surface area (TPSA) is 86.7 Å². The Kier molecular flexibility index (Phi) is 2.99. The van der Waals surface area contributed by atoms with Crippen LogP contribution < -0.4 is 0 Å². The first-order chi connectivity index (χ1) is 3.80. The number of hydrogen-bond donors (Lipinski definition) is 0. The molecule has 1 radical (unpaired) electrons. The molecule has 9 heavy (non-hydrogen) atoms. The van der Waals surface area contributed by atoms with Gasteiger partial charge in [-0.2, -0.15) is 0 Å². The Morgan fingerprint density at radius 1 is 1.67 bits per heavy atom. The van der Waals surface area contributed by atoms with Crippen LogP contribution in [0.3, 0.4) is 0 Å². The van der Waals surface area contributed by atoms with Gasteiger partial charge in [-0.05, 0) is 0 Å². The van der Waals surface area contributed by atoms with Crippen molar-refractivity contribution in [2.45, 2.75) is 0 Å². The third kappa shape index (κ3) is 1.88. The fourth-order valence-electron chi connectivity index (χ4n) is 0.231. The van der Waals surface area contributed by atoms with E-state index in [1.54, 1.807) is 0 Å². The van der Waals surface area contributed by atoms with Crippen LogP contribution in [0.25, 0.3) is 0 Å². The van der Waals surface area contributed by atoms with Crippen LogP contribution in [0, 0.1) is 10.1 Å². The number of aromatic nitrogens is 4. The Labute approximate surface area is 64.7 Å². The molecule has 0 aliphatic heterocycles. The summed E-state index contributed by atoms with van der Waals surface area (Å²) in [4.78, 5) is 10.1. The van der Waals surface area contributed by atoms with E-state index in [1.807, 2.05) is 0 Å². The van der Waals surface area contributed by atoms with Crippen LogP contribution in [0.2, 0.25) is 0 Å². The Morgan fingerprint density at radius 3 is 2.56 bits per heavy atom. The molecule has 1 heterocycles. The maximum absolute atomic E-state index is 9.69. The van der Waals surface area contributed by atoms with Crippen molar-refractivity contribution in [2.75, 3.05) is 0 Å². The summed E-state index contributed by atoms with van der Waals surface area (Å²) in [5, 5.41) is 18.0. The summed E-state index contributed by atoms with van der Waals surface area (Å²) in [7, 11) is 0. The molecular formula is CHAgN5O2. The van der Waals surface area contributed by atoms with Gasteiger partial charge in [-0.1, -0.05) is 5.10 Å². The number of nitro groups is 1. The second kappa shape index (κ2) is 3.28. The maximum Gasteiger partial charge on any atom is 0.213 e. The van der Waals surface area contributed by atoms with E-state index in [-0.39, 0.29) is 22.4 Å². The van der Waals surface area contributed by atoms with Gasteiger partial charge in [-0.25, -0.2) is 0 Å². The van der Waals surface area contributed by atoms with Crippen molar-refractivity contribution >= 4 is 0 Å². The van der Waals surface area contributed by atoms with Gasteiger partial charge in [-0.3, -0.25) is 0 Å². The monoisotopic (exact) mass is 222 g/mol. The molecule has 0 amide bonds. The van der Waals surface area contributed by atoms with E-state index in [9.17, 15) is 10.1 Å². The summed E-state index contributed by atoms with van der Waals surface area (Å²) >= 11 is 0. The maximum atomic E-state index is 9.69. The first kappa shape index (κ1) is 8.21. The van der Waals surface area contributed by atoms with Crippen LogP contribution >= 0.6 is 0 Å². The zero-order valence-corrected chi connectivity index (χ0v) is 5.41. The van der Waals surface area contributed by atoms with E-state index in [4.69, 9.17) is 0 Å². The summed E-state index contributed by atoms with van der Waals surface area (Å²) in [6.45, 7) is 0. The second-order valence-corrected chi connectivity index (χ2v) is 0.968. The molecular weight excluding hydrogens is 222 g/mol. The predicted octanol–water partition coefficient (Wildman–Crippen LogP) is -1.29. The Bertz CT molecular complexity index is 183. The summed E-state index contributed by atoms with van der Waals surface area (Å²) in [6, 6.07) is 0. The van der Waals surface area contributed by atoms with E-state index >= 15 is 0 Å². The van der Waals surface area contributed by atoms with Gasteiger partial charge in [0.1, 0.15) is 5.21 Å². The molecule has 0 saturated carbocycles. The third-order valence-electron chi connectivity index (χ3n) is 0.506. The standard InChI is InChI=1S/CHN5O2.Ag/c7-6(8)5-1-2-3-4-5;/h1H;. The number of hydrogen-bond acceptors (Lipinski definition) is 5. The third-order valence-corrected chi connectivity index (χ3v) is 0.506. The van der Waals surface area contributed by atoms with Crippen molar-refractivity contribution in [1.29, 1.82) is 0 Å². The molecule has 1 aromatic rings. The minimum Gasteiger partial charge on any atom is -0.339 e. The first-order valence-corrected chi connectivity index (χ1v) is 1.68. The molecule has 0 atom stereocenters. The summed E-state index contributed by atoms with van der Waals surface area (Å²) in [5.74, 6) is 0. The van der Waals surface area contributed by atoms with E-state index in [0.717, 1.165) is 6.33 Å². The van der Waals surface area contributed by atoms with Crippen molar-refractivity contribution in [2.24, 2.45) is 0 Å². The van der Waals surface area contributed by atoms with Gasteiger partial charge in [0.15, 0.2) is 0 Å². The number of tetrazole rings is 1. The molecule has 0 saturated heterocycles. The predicted molar refractivity (Wildman–Crippen MR) is 20.2 cm³/mol. The zero-order valence-electron chi connectivity index (χ0n) is 3.93. The molecule has 0 aromatic carbocycles. The molecule has 0 aliphatic rings. The smallest absolute Gasteiger partial charge is 0.213 e. The van der Waals surface area contributed by atoms with Crippen molar-refractivity contribution in [3.63, 3.8) is 0 Å². The molecule has 7 nitrogen and oxygen atoms in total. The molecule has 8 heteroatoms. The molecule has 0 N–H and O–H groups in total. The fourth-order valence-corrected chi connectivity index (χ4v) is 0.231. The largest absolute Gasteiger partial charge is 0.339 e. The number of rotatable bonds is 1. The quantitative estimate of drug-likeness (QED) is 0.335. The SMILES string of the molecule is O=[N+]([O-])n1cnnn1.[Ag]. The van der Waals surface area contributed by atoms with Gasteiger partial charge in [0.05, 0.1) is 9.82 Å².